The van der Waals surface area contributed by atoms with Crippen LogP contribution in [-0.4, -0.2) is 40.4 Å². The quantitative estimate of drug-likeness (QED) is 0.427. The molecule has 7 aliphatic rings. The highest BCUT2D eigenvalue weighted by Gasteiger charge is 2.42. The first-order valence-corrected chi connectivity index (χ1v) is 15.7. The van der Waals surface area contributed by atoms with E-state index in [1.807, 2.05) is 12.1 Å². The van der Waals surface area contributed by atoms with Gasteiger partial charge in [-0.15, -0.1) is 0 Å². The molecule has 2 aromatic carbocycles. The molecule has 42 heavy (non-hydrogen) atoms. The number of ether oxygens (including phenoxy) is 2. The summed E-state index contributed by atoms with van der Waals surface area (Å²) >= 11 is 0. The lowest BCUT2D eigenvalue weighted by Gasteiger charge is -2.42. The number of carbonyl (C=O) groups is 2. The maximum Gasteiger partial charge on any atom is 0.251 e. The van der Waals surface area contributed by atoms with Gasteiger partial charge in [-0.05, 0) is 69.4 Å². The van der Waals surface area contributed by atoms with E-state index < -0.39 is 11.1 Å². The molecule has 0 aliphatic carbocycles. The highest BCUT2D eigenvalue weighted by molar-refractivity contribution is 6.00. The summed E-state index contributed by atoms with van der Waals surface area (Å²) in [5.74, 6) is 1.65. The van der Waals surface area contributed by atoms with Crippen LogP contribution in [-0.2, 0) is 11.2 Å². The van der Waals surface area contributed by atoms with Gasteiger partial charge in [0.25, 0.3) is 5.91 Å². The highest BCUT2D eigenvalue weighted by atomic mass is 16.5. The molecule has 0 spiro atoms. The van der Waals surface area contributed by atoms with Gasteiger partial charge in [0, 0.05) is 29.5 Å². The van der Waals surface area contributed by atoms with Gasteiger partial charge in [0.15, 0.2) is 5.96 Å². The fraction of sp³-hybridized carbons (Fsp3) is 0.559. The van der Waals surface area contributed by atoms with Crippen LogP contribution in [0.5, 0.6) is 11.5 Å². The smallest absolute Gasteiger partial charge is 0.251 e. The lowest BCUT2D eigenvalue weighted by molar-refractivity contribution is -0.132. The molecule has 3 atom stereocenters. The predicted octanol–water partition coefficient (Wildman–Crippen LogP) is 6.13. The predicted molar refractivity (Wildman–Crippen MR) is 163 cm³/mol. The zero-order valence-corrected chi connectivity index (χ0v) is 25.2. The monoisotopic (exact) mass is 572 g/mol. The number of hydrogen-bond acceptors (Lipinski definition) is 6. The molecular formula is C34H44N4O4. The van der Waals surface area contributed by atoms with Crippen LogP contribution in [0.4, 0.5) is 0 Å². The van der Waals surface area contributed by atoms with Gasteiger partial charge in [-0.1, -0.05) is 44.7 Å². The summed E-state index contributed by atoms with van der Waals surface area (Å²) in [4.78, 5) is 34.1. The van der Waals surface area contributed by atoms with E-state index in [0.717, 1.165) is 68.2 Å². The van der Waals surface area contributed by atoms with E-state index >= 15 is 0 Å². The van der Waals surface area contributed by atoms with Crippen molar-refractivity contribution in [2.45, 2.75) is 115 Å². The Balaban J connectivity index is 1.37. The number of hydrogen-bond donors (Lipinski definition) is 2. The molecule has 8 heteroatoms. The molecule has 8 bridgehead atoms. The summed E-state index contributed by atoms with van der Waals surface area (Å²) < 4.78 is 12.4. The fourth-order valence-corrected chi connectivity index (χ4v) is 7.21. The highest BCUT2D eigenvalue weighted by Crippen LogP contribution is 2.42. The number of carbonyl (C=O) groups excluding carboxylic acids is 2. The van der Waals surface area contributed by atoms with Crippen molar-refractivity contribution >= 4 is 17.8 Å². The topological polar surface area (TPSA) is 106 Å². The van der Waals surface area contributed by atoms with Crippen molar-refractivity contribution in [2.75, 3.05) is 6.61 Å². The summed E-state index contributed by atoms with van der Waals surface area (Å²) in [5, 5.41) is 3.28. The van der Waals surface area contributed by atoms with E-state index in [-0.39, 0.29) is 29.9 Å². The summed E-state index contributed by atoms with van der Waals surface area (Å²) in [6, 6.07) is 11.4. The normalized spacial score (nSPS) is 27.6. The fourth-order valence-electron chi connectivity index (χ4n) is 7.21. The molecule has 0 saturated carbocycles. The van der Waals surface area contributed by atoms with Crippen molar-refractivity contribution < 1.29 is 19.1 Å². The van der Waals surface area contributed by atoms with Crippen LogP contribution < -0.4 is 20.5 Å². The third kappa shape index (κ3) is 5.60. The number of guanidine groups is 1. The number of rotatable bonds is 1. The molecule has 7 heterocycles. The van der Waals surface area contributed by atoms with E-state index in [1.54, 1.807) is 11.0 Å². The van der Waals surface area contributed by atoms with E-state index in [0.29, 0.717) is 37.2 Å². The number of benzene rings is 2. The SMILES string of the molecule is CCC12CCCCCCCc3ccc4c(c3)OC(C)(C)CC4NC(=O)c3ccc4c(c3)C(CCO4)N(C(=O)C1)C(N)=N2. The number of nitrogens with one attached hydrogen (secondary N) is 1. The molecule has 0 fully saturated rings. The average Bonchev–Trinajstić information content (AvgIpc) is 2.95. The second kappa shape index (κ2) is 11.3. The number of amides is 2. The van der Waals surface area contributed by atoms with Gasteiger partial charge in [-0.2, -0.15) is 0 Å². The second-order valence-corrected chi connectivity index (χ2v) is 13.1. The van der Waals surface area contributed by atoms with Crippen LogP contribution >= 0.6 is 0 Å². The maximum atomic E-state index is 13.7. The summed E-state index contributed by atoms with van der Waals surface area (Å²) in [6.45, 7) is 6.71. The van der Waals surface area contributed by atoms with Gasteiger partial charge in [-0.25, -0.2) is 4.99 Å². The molecular weight excluding hydrogens is 528 g/mol. The number of aliphatic imine (C=N–C) groups is 1. The molecule has 8 nitrogen and oxygen atoms in total. The maximum absolute atomic E-state index is 13.7. The van der Waals surface area contributed by atoms with Crippen LogP contribution in [0.25, 0.3) is 0 Å². The van der Waals surface area contributed by atoms with E-state index in [1.165, 1.54) is 5.56 Å². The van der Waals surface area contributed by atoms with Gasteiger partial charge >= 0.3 is 0 Å². The minimum Gasteiger partial charge on any atom is -0.493 e. The standard InChI is InChI=1S/C34H44N4O4/c1-4-34-16-9-7-5-6-8-10-22-11-13-24-26(20-33(2,3)42-29(24)18-22)36-31(40)23-12-14-28-25(19-23)27(15-17-41-28)38(30(39)21-34)32(35)37-34/h11-14,18-19,26-27H,4-10,15-17,20-21H2,1-3H3,(H2,35,37)(H,36,40). The van der Waals surface area contributed by atoms with Crippen LogP contribution in [0.3, 0.4) is 0 Å². The zero-order chi connectivity index (χ0) is 29.5. The average molecular weight is 573 g/mol. The molecule has 2 aromatic rings. The first kappa shape index (κ1) is 28.6. The number of aryl methyl sites for hydroxylation is 1. The molecule has 0 radical (unpaired) electrons. The van der Waals surface area contributed by atoms with Gasteiger partial charge in [-0.3, -0.25) is 14.5 Å². The van der Waals surface area contributed by atoms with Crippen molar-refractivity contribution in [1.82, 2.24) is 10.2 Å². The van der Waals surface area contributed by atoms with Gasteiger partial charge in [0.1, 0.15) is 17.1 Å². The minimum atomic E-state index is -0.445. The Morgan fingerprint density at radius 3 is 2.64 bits per heavy atom. The van der Waals surface area contributed by atoms with E-state index in [2.05, 4.69) is 44.3 Å². The van der Waals surface area contributed by atoms with Crippen molar-refractivity contribution in [1.29, 1.82) is 0 Å². The molecule has 0 saturated heterocycles. The zero-order valence-electron chi connectivity index (χ0n) is 25.2. The largest absolute Gasteiger partial charge is 0.493 e. The first-order valence-electron chi connectivity index (χ1n) is 15.7. The van der Waals surface area contributed by atoms with Crippen molar-refractivity contribution in [3.05, 3.63) is 58.7 Å². The lowest BCUT2D eigenvalue weighted by Crippen LogP contribution is -2.53. The van der Waals surface area contributed by atoms with Gasteiger partial charge in [0.2, 0.25) is 5.91 Å². The van der Waals surface area contributed by atoms with Crippen LogP contribution in [0.2, 0.25) is 0 Å². The summed E-state index contributed by atoms with van der Waals surface area (Å²) in [7, 11) is 0. The van der Waals surface area contributed by atoms with Crippen molar-refractivity contribution in [3.8, 4) is 11.5 Å². The van der Waals surface area contributed by atoms with Crippen LogP contribution in [0.15, 0.2) is 41.4 Å². The number of nitrogens with zero attached hydrogens (tertiary/aromatic N) is 2. The van der Waals surface area contributed by atoms with E-state index in [4.69, 9.17) is 20.2 Å². The first-order chi connectivity index (χ1) is 20.2. The summed E-state index contributed by atoms with van der Waals surface area (Å²) in [6.07, 6.45) is 9.81. The molecule has 3 N–H and O–H groups in total. The van der Waals surface area contributed by atoms with Gasteiger partial charge in [0.05, 0.1) is 30.7 Å². The van der Waals surface area contributed by atoms with E-state index in [9.17, 15) is 9.59 Å². The minimum absolute atomic E-state index is 0.000753. The molecule has 2 amide bonds. The third-order valence-corrected chi connectivity index (χ3v) is 9.55. The van der Waals surface area contributed by atoms with Crippen LogP contribution in [0.1, 0.15) is 124 Å². The molecule has 9 rings (SSSR count). The second-order valence-electron chi connectivity index (χ2n) is 13.1. The Bertz CT molecular complexity index is 1400. The van der Waals surface area contributed by atoms with Gasteiger partial charge < -0.3 is 20.5 Å². The molecule has 7 aliphatic heterocycles. The van der Waals surface area contributed by atoms with Crippen molar-refractivity contribution in [2.24, 2.45) is 10.7 Å². The van der Waals surface area contributed by atoms with Crippen molar-refractivity contribution in [3.63, 3.8) is 0 Å². The Hall–Kier alpha value is -3.55. The Morgan fingerprint density at radius 2 is 1.83 bits per heavy atom. The Morgan fingerprint density at radius 1 is 1.02 bits per heavy atom. The summed E-state index contributed by atoms with van der Waals surface area (Å²) in [5.41, 5.74) is 9.32. The molecule has 3 unspecified atom stereocenters. The Labute approximate surface area is 249 Å². The Kier molecular flexibility index (Phi) is 7.66. The van der Waals surface area contributed by atoms with Crippen LogP contribution in [0, 0.1) is 0 Å². The third-order valence-electron chi connectivity index (χ3n) is 9.55. The lowest BCUT2D eigenvalue weighted by atomic mass is 9.84. The molecule has 224 valence electrons. The molecule has 0 aromatic heterocycles. The number of nitrogens with two attached hydrogens (primary N) is 1.